The van der Waals surface area contributed by atoms with Gasteiger partial charge in [0.25, 0.3) is 0 Å². The first kappa shape index (κ1) is 14.2. The monoisotopic (exact) mass is 290 g/mol. The molecule has 0 bridgehead atoms. The Morgan fingerprint density at radius 1 is 1.29 bits per heavy atom. The molecule has 1 aliphatic heterocycles. The third kappa shape index (κ3) is 2.58. The van der Waals surface area contributed by atoms with Crippen molar-refractivity contribution in [3.05, 3.63) is 23.8 Å². The molecular formula is C16H22N2O3. The highest BCUT2D eigenvalue weighted by molar-refractivity contribution is 5.83. The van der Waals surface area contributed by atoms with Crippen LogP contribution < -0.4 is 15.2 Å². The Kier molecular flexibility index (Phi) is 3.76. The van der Waals surface area contributed by atoms with Crippen molar-refractivity contribution in [2.45, 2.75) is 32.2 Å². The zero-order valence-electron chi connectivity index (χ0n) is 12.4. The first-order valence-corrected chi connectivity index (χ1v) is 7.49. The first-order chi connectivity index (χ1) is 10.1. The molecule has 1 aromatic rings. The summed E-state index contributed by atoms with van der Waals surface area (Å²) in [6, 6.07) is 5.81. The molecule has 0 unspecified atom stereocenters. The molecule has 5 nitrogen and oxygen atoms in total. The molecule has 3 rings (SSSR count). The molecule has 1 fully saturated rings. The second-order valence-corrected chi connectivity index (χ2v) is 6.04. The first-order valence-electron chi connectivity index (χ1n) is 7.49. The van der Waals surface area contributed by atoms with Gasteiger partial charge in [0.15, 0.2) is 11.5 Å². The summed E-state index contributed by atoms with van der Waals surface area (Å²) in [7, 11) is 1.85. The molecule has 1 amide bonds. The zero-order valence-corrected chi connectivity index (χ0v) is 12.4. The fourth-order valence-electron chi connectivity index (χ4n) is 3.35. The Labute approximate surface area is 125 Å². The standard InChI is InChI=1S/C16H22N2O3/c1-18(15(19)16(10-17)6-2-3-7-16)9-12-4-5-13-14(8-12)21-11-20-13/h4-5,8H,2-3,6-7,9-11,17H2,1H3. The van der Waals surface area contributed by atoms with E-state index in [-0.39, 0.29) is 18.1 Å². The lowest BCUT2D eigenvalue weighted by Gasteiger charge is -2.31. The van der Waals surface area contributed by atoms with Crippen LogP contribution in [0.2, 0.25) is 0 Å². The van der Waals surface area contributed by atoms with E-state index in [1.807, 2.05) is 25.2 Å². The number of amides is 1. The second-order valence-electron chi connectivity index (χ2n) is 6.04. The summed E-state index contributed by atoms with van der Waals surface area (Å²) in [4.78, 5) is 14.5. The van der Waals surface area contributed by atoms with E-state index in [2.05, 4.69) is 0 Å². The Hall–Kier alpha value is -1.75. The number of carbonyl (C=O) groups excluding carboxylic acids is 1. The average Bonchev–Trinajstić information content (AvgIpc) is 3.15. The van der Waals surface area contributed by atoms with E-state index in [0.717, 1.165) is 42.7 Å². The zero-order chi connectivity index (χ0) is 14.9. The van der Waals surface area contributed by atoms with Crippen LogP contribution in [-0.4, -0.2) is 31.2 Å². The van der Waals surface area contributed by atoms with Crippen molar-refractivity contribution in [1.82, 2.24) is 4.90 Å². The van der Waals surface area contributed by atoms with Crippen molar-refractivity contribution in [1.29, 1.82) is 0 Å². The van der Waals surface area contributed by atoms with Gasteiger partial charge in [0.05, 0.1) is 5.41 Å². The predicted molar refractivity (Wildman–Crippen MR) is 79.0 cm³/mol. The van der Waals surface area contributed by atoms with Gasteiger partial charge >= 0.3 is 0 Å². The smallest absolute Gasteiger partial charge is 0.231 e. The molecular weight excluding hydrogens is 268 g/mol. The van der Waals surface area contributed by atoms with Crippen LogP contribution in [0.15, 0.2) is 18.2 Å². The van der Waals surface area contributed by atoms with E-state index in [1.54, 1.807) is 4.90 Å². The maximum absolute atomic E-state index is 12.7. The fraction of sp³-hybridized carbons (Fsp3) is 0.562. The average molecular weight is 290 g/mol. The van der Waals surface area contributed by atoms with Gasteiger partial charge in [-0.25, -0.2) is 0 Å². The number of rotatable bonds is 4. The highest BCUT2D eigenvalue weighted by Gasteiger charge is 2.41. The summed E-state index contributed by atoms with van der Waals surface area (Å²) in [5.74, 6) is 1.69. The van der Waals surface area contributed by atoms with Crippen molar-refractivity contribution in [3.8, 4) is 11.5 Å². The lowest BCUT2D eigenvalue weighted by atomic mass is 9.84. The molecule has 0 saturated heterocycles. The van der Waals surface area contributed by atoms with Crippen LogP contribution in [-0.2, 0) is 11.3 Å². The summed E-state index contributed by atoms with van der Waals surface area (Å²) in [5, 5.41) is 0. The number of nitrogens with two attached hydrogens (primary N) is 1. The Bertz CT molecular complexity index is 538. The Balaban J connectivity index is 1.71. The molecule has 0 aromatic heterocycles. The summed E-state index contributed by atoms with van der Waals surface area (Å²) >= 11 is 0. The normalized spacial score (nSPS) is 18.8. The topological polar surface area (TPSA) is 64.8 Å². The Morgan fingerprint density at radius 3 is 2.71 bits per heavy atom. The van der Waals surface area contributed by atoms with E-state index >= 15 is 0 Å². The molecule has 2 N–H and O–H groups in total. The fourth-order valence-corrected chi connectivity index (χ4v) is 3.35. The SMILES string of the molecule is CN(Cc1ccc2c(c1)OCO2)C(=O)C1(CN)CCCC1. The summed E-state index contributed by atoms with van der Waals surface area (Å²) in [5.41, 5.74) is 6.59. The van der Waals surface area contributed by atoms with Crippen LogP contribution >= 0.6 is 0 Å². The van der Waals surface area contributed by atoms with Crippen molar-refractivity contribution < 1.29 is 14.3 Å². The van der Waals surface area contributed by atoms with E-state index < -0.39 is 0 Å². The van der Waals surface area contributed by atoms with Crippen molar-refractivity contribution in [3.63, 3.8) is 0 Å². The second kappa shape index (κ2) is 5.56. The van der Waals surface area contributed by atoms with Crippen molar-refractivity contribution in [2.75, 3.05) is 20.4 Å². The third-order valence-corrected chi connectivity index (χ3v) is 4.61. The summed E-state index contributed by atoms with van der Waals surface area (Å²) in [6.07, 6.45) is 4.02. The molecule has 1 heterocycles. The maximum Gasteiger partial charge on any atom is 0.231 e. The highest BCUT2D eigenvalue weighted by Crippen LogP contribution is 2.39. The van der Waals surface area contributed by atoms with Gasteiger partial charge in [-0.1, -0.05) is 18.9 Å². The molecule has 1 saturated carbocycles. The number of ether oxygens (including phenoxy) is 2. The van der Waals surface area contributed by atoms with Gasteiger partial charge < -0.3 is 20.1 Å². The molecule has 0 atom stereocenters. The van der Waals surface area contributed by atoms with Gasteiger partial charge in [0.1, 0.15) is 0 Å². The lowest BCUT2D eigenvalue weighted by molar-refractivity contribution is -0.140. The van der Waals surface area contributed by atoms with Crippen LogP contribution in [0.1, 0.15) is 31.2 Å². The van der Waals surface area contributed by atoms with Crippen LogP contribution in [0.3, 0.4) is 0 Å². The number of nitrogens with zero attached hydrogens (tertiary/aromatic N) is 1. The van der Waals surface area contributed by atoms with Gasteiger partial charge in [-0.15, -0.1) is 0 Å². The van der Waals surface area contributed by atoms with Gasteiger partial charge in [0, 0.05) is 20.1 Å². The van der Waals surface area contributed by atoms with Gasteiger partial charge in [-0.2, -0.15) is 0 Å². The van der Waals surface area contributed by atoms with E-state index in [4.69, 9.17) is 15.2 Å². The summed E-state index contributed by atoms with van der Waals surface area (Å²) in [6.45, 7) is 1.28. The highest BCUT2D eigenvalue weighted by atomic mass is 16.7. The van der Waals surface area contributed by atoms with Crippen molar-refractivity contribution >= 4 is 5.91 Å². The van der Waals surface area contributed by atoms with E-state index in [0.29, 0.717) is 13.1 Å². The maximum atomic E-state index is 12.7. The molecule has 21 heavy (non-hydrogen) atoms. The minimum Gasteiger partial charge on any atom is -0.454 e. The number of hydrogen-bond donors (Lipinski definition) is 1. The minimum atomic E-state index is -0.342. The quantitative estimate of drug-likeness (QED) is 0.919. The molecule has 1 aliphatic carbocycles. The lowest BCUT2D eigenvalue weighted by Crippen LogP contribution is -2.44. The number of carbonyl (C=O) groups is 1. The van der Waals surface area contributed by atoms with Crippen molar-refractivity contribution in [2.24, 2.45) is 11.1 Å². The molecule has 2 aliphatic rings. The van der Waals surface area contributed by atoms with Gasteiger partial charge in [0.2, 0.25) is 12.7 Å². The van der Waals surface area contributed by atoms with E-state index in [9.17, 15) is 4.79 Å². The van der Waals surface area contributed by atoms with Crippen LogP contribution in [0.5, 0.6) is 11.5 Å². The minimum absolute atomic E-state index is 0.167. The predicted octanol–water partition coefficient (Wildman–Crippen LogP) is 1.89. The van der Waals surface area contributed by atoms with Crippen LogP contribution in [0.4, 0.5) is 0 Å². The third-order valence-electron chi connectivity index (χ3n) is 4.61. The van der Waals surface area contributed by atoms with Gasteiger partial charge in [-0.05, 0) is 30.5 Å². The van der Waals surface area contributed by atoms with Crippen LogP contribution in [0.25, 0.3) is 0 Å². The molecule has 0 spiro atoms. The van der Waals surface area contributed by atoms with Crippen LogP contribution in [0, 0.1) is 5.41 Å². The molecule has 1 aromatic carbocycles. The summed E-state index contributed by atoms with van der Waals surface area (Å²) < 4.78 is 10.7. The molecule has 5 heteroatoms. The number of hydrogen-bond acceptors (Lipinski definition) is 4. The number of benzene rings is 1. The van der Waals surface area contributed by atoms with E-state index in [1.165, 1.54) is 0 Å². The molecule has 0 radical (unpaired) electrons. The molecule has 114 valence electrons. The van der Waals surface area contributed by atoms with Gasteiger partial charge in [-0.3, -0.25) is 4.79 Å². The largest absolute Gasteiger partial charge is 0.454 e. The Morgan fingerprint density at radius 2 is 2.00 bits per heavy atom. The number of fused-ring (bicyclic) bond motifs is 1.